The molecule has 0 saturated heterocycles. The van der Waals surface area contributed by atoms with Gasteiger partial charge in [0.25, 0.3) is 0 Å². The van der Waals surface area contributed by atoms with Crippen LogP contribution in [0, 0.1) is 6.92 Å². The largest absolute Gasteiger partial charge is 0.274 e. The van der Waals surface area contributed by atoms with Crippen molar-refractivity contribution in [1.82, 2.24) is 34.1 Å². The van der Waals surface area contributed by atoms with Crippen LogP contribution in [0.25, 0.3) is 16.9 Å². The number of hydrogen-bond donors (Lipinski definition) is 1. The molecule has 0 atom stereocenters. The zero-order chi connectivity index (χ0) is 19.7. The van der Waals surface area contributed by atoms with E-state index in [1.807, 2.05) is 30.5 Å². The molecule has 1 N–H and O–H groups in total. The number of rotatable bonds is 6. The third-order valence-electron chi connectivity index (χ3n) is 4.28. The van der Waals surface area contributed by atoms with Crippen LogP contribution < -0.4 is 4.72 Å². The van der Waals surface area contributed by atoms with E-state index >= 15 is 0 Å². The number of sulfonamides is 1. The average molecular weight is 397 g/mol. The highest BCUT2D eigenvalue weighted by Crippen LogP contribution is 2.17. The van der Waals surface area contributed by atoms with Gasteiger partial charge in [-0.2, -0.15) is 10.2 Å². The topological polar surface area (TPSA) is 107 Å². The summed E-state index contributed by atoms with van der Waals surface area (Å²) < 4.78 is 30.6. The molecule has 0 aliphatic rings. The molecule has 0 bridgehead atoms. The van der Waals surface area contributed by atoms with Crippen molar-refractivity contribution in [2.45, 2.75) is 18.2 Å². The minimum absolute atomic E-state index is 0.189. The lowest BCUT2D eigenvalue weighted by Crippen LogP contribution is -2.26. The lowest BCUT2D eigenvalue weighted by molar-refractivity contribution is 0.580. The van der Waals surface area contributed by atoms with E-state index in [1.165, 1.54) is 10.9 Å². The molecular weight excluding hydrogens is 378 g/mol. The molecule has 144 valence electrons. The highest BCUT2D eigenvalue weighted by atomic mass is 32.2. The van der Waals surface area contributed by atoms with E-state index in [2.05, 4.69) is 24.9 Å². The second kappa shape index (κ2) is 7.13. The van der Waals surface area contributed by atoms with Gasteiger partial charge in [-0.3, -0.25) is 9.67 Å². The summed E-state index contributed by atoms with van der Waals surface area (Å²) in [6, 6.07) is 7.53. The van der Waals surface area contributed by atoms with Gasteiger partial charge in [-0.15, -0.1) is 0 Å². The predicted molar refractivity (Wildman–Crippen MR) is 103 cm³/mol. The highest BCUT2D eigenvalue weighted by Gasteiger charge is 2.19. The van der Waals surface area contributed by atoms with Crippen molar-refractivity contribution in [2.24, 2.45) is 7.05 Å². The van der Waals surface area contributed by atoms with Crippen molar-refractivity contribution in [3.05, 3.63) is 60.4 Å². The summed E-state index contributed by atoms with van der Waals surface area (Å²) in [5, 5.41) is 8.53. The number of nitrogens with zero attached hydrogens (tertiary/aromatic N) is 6. The van der Waals surface area contributed by atoms with Crippen LogP contribution in [-0.2, 0) is 23.5 Å². The minimum Gasteiger partial charge on any atom is -0.274 e. The minimum atomic E-state index is -3.60. The lowest BCUT2D eigenvalue weighted by Gasteiger charge is -2.04. The molecular formula is C18H19N7O2S. The quantitative estimate of drug-likeness (QED) is 0.526. The zero-order valence-electron chi connectivity index (χ0n) is 15.4. The van der Waals surface area contributed by atoms with E-state index in [1.54, 1.807) is 30.9 Å². The molecule has 0 aliphatic heterocycles. The van der Waals surface area contributed by atoms with Crippen LogP contribution in [-0.4, -0.2) is 44.3 Å². The first-order chi connectivity index (χ1) is 13.4. The van der Waals surface area contributed by atoms with Gasteiger partial charge < -0.3 is 0 Å². The van der Waals surface area contributed by atoms with Crippen LogP contribution in [0.1, 0.15) is 11.4 Å². The molecule has 4 aromatic heterocycles. The molecule has 4 heterocycles. The fourth-order valence-electron chi connectivity index (χ4n) is 2.97. The van der Waals surface area contributed by atoms with Crippen molar-refractivity contribution in [2.75, 3.05) is 6.54 Å². The smallest absolute Gasteiger partial charge is 0.243 e. The Hall–Kier alpha value is -3.11. The Bertz CT molecular complexity index is 1230. The molecule has 0 radical (unpaired) electrons. The Morgan fingerprint density at radius 1 is 1.14 bits per heavy atom. The second-order valence-corrected chi connectivity index (χ2v) is 8.12. The van der Waals surface area contributed by atoms with E-state index in [4.69, 9.17) is 0 Å². The summed E-state index contributed by atoms with van der Waals surface area (Å²) in [5.41, 5.74) is 3.73. The SMILES string of the molecule is Cc1nn(C)cc1S(=O)(=O)NCCc1cc2nc(-c3ccncc3)ccn2n1. The number of pyridine rings is 1. The van der Waals surface area contributed by atoms with Crippen LogP contribution in [0.2, 0.25) is 0 Å². The van der Waals surface area contributed by atoms with Crippen molar-refractivity contribution < 1.29 is 8.42 Å². The van der Waals surface area contributed by atoms with Crippen molar-refractivity contribution in [3.8, 4) is 11.3 Å². The average Bonchev–Trinajstić information content (AvgIpc) is 3.24. The summed E-state index contributed by atoms with van der Waals surface area (Å²) >= 11 is 0. The first-order valence-electron chi connectivity index (χ1n) is 8.68. The standard InChI is InChI=1S/C18H19N7O2S/c1-13-17(12-24(2)22-13)28(26,27)20-9-5-15-11-18-21-16(6-10-25(18)23-15)14-3-7-19-8-4-14/h3-4,6-8,10-12,20H,5,9H2,1-2H3. The monoisotopic (exact) mass is 397 g/mol. The Kier molecular flexibility index (Phi) is 4.65. The van der Waals surface area contributed by atoms with Gasteiger partial charge in [0.2, 0.25) is 10.0 Å². The number of fused-ring (bicyclic) bond motifs is 1. The molecule has 4 rings (SSSR count). The maximum absolute atomic E-state index is 12.4. The summed E-state index contributed by atoms with van der Waals surface area (Å²) in [5.74, 6) is 0. The predicted octanol–water partition coefficient (Wildman–Crippen LogP) is 1.35. The van der Waals surface area contributed by atoms with E-state index in [0.717, 1.165) is 17.0 Å². The summed E-state index contributed by atoms with van der Waals surface area (Å²) in [6.45, 7) is 1.90. The maximum atomic E-state index is 12.4. The van der Waals surface area contributed by atoms with Gasteiger partial charge in [0.15, 0.2) is 5.65 Å². The highest BCUT2D eigenvalue weighted by molar-refractivity contribution is 7.89. The summed E-state index contributed by atoms with van der Waals surface area (Å²) in [7, 11) is -1.91. The summed E-state index contributed by atoms with van der Waals surface area (Å²) in [6.07, 6.45) is 7.22. The van der Waals surface area contributed by atoms with Crippen LogP contribution in [0.4, 0.5) is 0 Å². The Morgan fingerprint density at radius 2 is 1.93 bits per heavy atom. The second-order valence-electron chi connectivity index (χ2n) is 6.39. The van der Waals surface area contributed by atoms with Gasteiger partial charge in [0.05, 0.1) is 17.1 Å². The van der Waals surface area contributed by atoms with E-state index in [-0.39, 0.29) is 11.4 Å². The molecule has 9 nitrogen and oxygen atoms in total. The van der Waals surface area contributed by atoms with Crippen LogP contribution in [0.5, 0.6) is 0 Å². The van der Waals surface area contributed by atoms with Gasteiger partial charge in [-0.1, -0.05) is 0 Å². The van der Waals surface area contributed by atoms with Crippen LogP contribution in [0.15, 0.2) is 53.9 Å². The lowest BCUT2D eigenvalue weighted by atomic mass is 10.2. The van der Waals surface area contributed by atoms with Crippen LogP contribution in [0.3, 0.4) is 0 Å². The molecule has 0 unspecified atom stereocenters. The normalized spacial score (nSPS) is 11.9. The Morgan fingerprint density at radius 3 is 2.64 bits per heavy atom. The van der Waals surface area contributed by atoms with Crippen molar-refractivity contribution in [3.63, 3.8) is 0 Å². The van der Waals surface area contributed by atoms with Crippen molar-refractivity contribution >= 4 is 15.7 Å². The zero-order valence-corrected chi connectivity index (χ0v) is 16.3. The first-order valence-corrected chi connectivity index (χ1v) is 10.2. The summed E-state index contributed by atoms with van der Waals surface area (Å²) in [4.78, 5) is 8.81. The molecule has 0 amide bonds. The number of hydrogen-bond acceptors (Lipinski definition) is 6. The molecule has 28 heavy (non-hydrogen) atoms. The van der Waals surface area contributed by atoms with E-state index < -0.39 is 10.0 Å². The first kappa shape index (κ1) is 18.3. The molecule has 0 fully saturated rings. The molecule has 0 saturated carbocycles. The molecule has 4 aromatic rings. The number of nitrogens with one attached hydrogen (secondary N) is 1. The van der Waals surface area contributed by atoms with E-state index in [9.17, 15) is 8.42 Å². The van der Waals surface area contributed by atoms with Crippen LogP contribution >= 0.6 is 0 Å². The third kappa shape index (κ3) is 3.64. The van der Waals surface area contributed by atoms with E-state index in [0.29, 0.717) is 17.8 Å². The van der Waals surface area contributed by atoms with Gasteiger partial charge in [-0.25, -0.2) is 22.6 Å². The van der Waals surface area contributed by atoms with Gasteiger partial charge in [0, 0.05) is 56.4 Å². The molecule has 0 aromatic carbocycles. The van der Waals surface area contributed by atoms with Gasteiger partial charge in [-0.05, 0) is 25.1 Å². The fraction of sp³-hybridized carbons (Fsp3) is 0.222. The number of aryl methyl sites for hydroxylation is 2. The molecule has 10 heteroatoms. The molecule has 0 aliphatic carbocycles. The third-order valence-corrected chi connectivity index (χ3v) is 5.85. The number of aromatic nitrogens is 6. The Labute approximate surface area is 162 Å². The van der Waals surface area contributed by atoms with Crippen molar-refractivity contribution in [1.29, 1.82) is 0 Å². The van der Waals surface area contributed by atoms with Gasteiger partial charge >= 0.3 is 0 Å². The Balaban J connectivity index is 1.47. The molecule has 0 spiro atoms. The maximum Gasteiger partial charge on any atom is 0.243 e. The fourth-order valence-corrected chi connectivity index (χ4v) is 4.21. The van der Waals surface area contributed by atoms with Gasteiger partial charge in [0.1, 0.15) is 4.90 Å².